The Labute approximate surface area is 164 Å². The summed E-state index contributed by atoms with van der Waals surface area (Å²) in [6.07, 6.45) is 3.52. The fourth-order valence-corrected chi connectivity index (χ4v) is 2.60. The van der Waals surface area contributed by atoms with Gasteiger partial charge in [-0.25, -0.2) is 4.98 Å². The van der Waals surface area contributed by atoms with Crippen LogP contribution in [0.15, 0.2) is 54.9 Å². The topological polar surface area (TPSA) is 66.0 Å². The highest BCUT2D eigenvalue weighted by atomic mass is 35.5. The largest absolute Gasteiger partial charge is 0.366 e. The molecule has 0 atom stereocenters. The number of aromatic nitrogens is 3. The van der Waals surface area contributed by atoms with Gasteiger partial charge in [0.15, 0.2) is 0 Å². The van der Waals surface area contributed by atoms with Crippen LogP contribution in [0.5, 0.6) is 0 Å². The van der Waals surface area contributed by atoms with Gasteiger partial charge in [-0.1, -0.05) is 23.7 Å². The number of rotatable bonds is 8. The molecule has 0 unspecified atom stereocenters. The maximum absolute atomic E-state index is 5.95. The smallest absolute Gasteiger partial charge is 0.225 e. The third-order valence-electron chi connectivity index (χ3n) is 3.93. The maximum atomic E-state index is 5.95. The summed E-state index contributed by atoms with van der Waals surface area (Å²) in [5.74, 6) is 1.36. The van der Waals surface area contributed by atoms with Gasteiger partial charge in [0.2, 0.25) is 5.95 Å². The Morgan fingerprint density at radius 3 is 2.41 bits per heavy atom. The van der Waals surface area contributed by atoms with Crippen molar-refractivity contribution in [3.05, 3.63) is 65.4 Å². The Morgan fingerprint density at radius 2 is 1.70 bits per heavy atom. The molecule has 3 aromatic rings. The summed E-state index contributed by atoms with van der Waals surface area (Å²) < 4.78 is 0. The normalized spacial score (nSPS) is 10.8. The Morgan fingerprint density at radius 1 is 0.963 bits per heavy atom. The molecule has 0 aliphatic rings. The van der Waals surface area contributed by atoms with Crippen molar-refractivity contribution in [2.45, 2.75) is 6.54 Å². The molecule has 0 amide bonds. The molecule has 0 bridgehead atoms. The van der Waals surface area contributed by atoms with Crippen LogP contribution in [0.2, 0.25) is 5.02 Å². The Kier molecular flexibility index (Phi) is 6.57. The minimum absolute atomic E-state index is 0.602. The van der Waals surface area contributed by atoms with Crippen LogP contribution in [0.1, 0.15) is 5.56 Å². The number of nitrogens with zero attached hydrogens (tertiary/aromatic N) is 4. The lowest BCUT2D eigenvalue weighted by Gasteiger charge is -2.13. The van der Waals surface area contributed by atoms with Gasteiger partial charge in [-0.15, -0.1) is 0 Å². The first-order valence-electron chi connectivity index (χ1n) is 8.76. The van der Waals surface area contributed by atoms with E-state index in [1.54, 1.807) is 12.4 Å². The van der Waals surface area contributed by atoms with E-state index in [-0.39, 0.29) is 0 Å². The fraction of sp³-hybridized carbons (Fsp3) is 0.250. The molecule has 140 valence electrons. The van der Waals surface area contributed by atoms with E-state index in [2.05, 4.69) is 30.5 Å². The highest BCUT2D eigenvalue weighted by molar-refractivity contribution is 6.30. The molecule has 0 aliphatic heterocycles. The van der Waals surface area contributed by atoms with Crippen molar-refractivity contribution in [2.24, 2.45) is 0 Å². The molecule has 0 saturated carbocycles. The lowest BCUT2D eigenvalue weighted by molar-refractivity contribution is 0.425. The summed E-state index contributed by atoms with van der Waals surface area (Å²) in [6, 6.07) is 13.6. The van der Waals surface area contributed by atoms with Crippen molar-refractivity contribution in [2.75, 3.05) is 37.8 Å². The molecule has 0 saturated heterocycles. The zero-order valence-electron chi connectivity index (χ0n) is 15.5. The summed E-state index contributed by atoms with van der Waals surface area (Å²) in [5.41, 5.74) is 2.97. The van der Waals surface area contributed by atoms with Gasteiger partial charge in [0, 0.05) is 48.7 Å². The van der Waals surface area contributed by atoms with Gasteiger partial charge < -0.3 is 15.5 Å². The molecule has 0 radical (unpaired) electrons. The van der Waals surface area contributed by atoms with E-state index in [0.717, 1.165) is 40.8 Å². The lowest BCUT2D eigenvalue weighted by Crippen LogP contribution is -2.21. The molecule has 0 aliphatic carbocycles. The highest BCUT2D eigenvalue weighted by Gasteiger charge is 2.07. The van der Waals surface area contributed by atoms with Crippen LogP contribution >= 0.6 is 11.6 Å². The van der Waals surface area contributed by atoms with Crippen LogP contribution in [-0.2, 0) is 6.54 Å². The van der Waals surface area contributed by atoms with Crippen molar-refractivity contribution in [1.82, 2.24) is 19.9 Å². The number of pyridine rings is 1. The molecule has 1 aromatic carbocycles. The molecule has 27 heavy (non-hydrogen) atoms. The molecule has 6 nitrogen and oxygen atoms in total. The number of benzene rings is 1. The molecule has 2 aromatic heterocycles. The average molecular weight is 383 g/mol. The third-order valence-corrected chi connectivity index (χ3v) is 4.18. The van der Waals surface area contributed by atoms with E-state index in [1.165, 1.54) is 0 Å². The number of likely N-dealkylation sites (N-methyl/N-ethyl adjacent to an activating group) is 1. The summed E-state index contributed by atoms with van der Waals surface area (Å²) >= 11 is 5.95. The van der Waals surface area contributed by atoms with Crippen LogP contribution < -0.4 is 10.6 Å². The van der Waals surface area contributed by atoms with Crippen LogP contribution in [0, 0.1) is 0 Å². The van der Waals surface area contributed by atoms with Gasteiger partial charge in [0.05, 0.1) is 5.69 Å². The van der Waals surface area contributed by atoms with E-state index in [0.29, 0.717) is 12.5 Å². The number of halogens is 1. The third kappa shape index (κ3) is 5.91. The minimum Gasteiger partial charge on any atom is -0.366 e. The summed E-state index contributed by atoms with van der Waals surface area (Å²) in [4.78, 5) is 15.4. The molecule has 7 heteroatoms. The number of anilines is 2. The molecule has 0 spiro atoms. The maximum Gasteiger partial charge on any atom is 0.225 e. The van der Waals surface area contributed by atoms with E-state index < -0.39 is 0 Å². The fourth-order valence-electron chi connectivity index (χ4n) is 2.47. The van der Waals surface area contributed by atoms with Crippen LogP contribution in [0.4, 0.5) is 11.8 Å². The highest BCUT2D eigenvalue weighted by Crippen LogP contribution is 2.21. The molecular formula is C20H23ClN6. The van der Waals surface area contributed by atoms with Crippen LogP contribution in [0.25, 0.3) is 11.3 Å². The van der Waals surface area contributed by atoms with Crippen molar-refractivity contribution in [3.8, 4) is 11.3 Å². The quantitative estimate of drug-likeness (QED) is 0.618. The lowest BCUT2D eigenvalue weighted by atomic mass is 10.2. The summed E-state index contributed by atoms with van der Waals surface area (Å²) in [6.45, 7) is 2.32. The van der Waals surface area contributed by atoms with Gasteiger partial charge >= 0.3 is 0 Å². The monoisotopic (exact) mass is 382 g/mol. The second-order valence-electron chi connectivity index (χ2n) is 6.41. The number of hydrogen-bond acceptors (Lipinski definition) is 6. The second-order valence-corrected chi connectivity index (χ2v) is 6.84. The first-order valence-corrected chi connectivity index (χ1v) is 9.14. The minimum atomic E-state index is 0.602. The van der Waals surface area contributed by atoms with E-state index in [1.807, 2.05) is 56.6 Å². The Bertz CT molecular complexity index is 852. The molecule has 2 N–H and O–H groups in total. The number of nitrogens with one attached hydrogen (secondary N) is 2. The Hall–Kier alpha value is -2.70. The van der Waals surface area contributed by atoms with E-state index in [9.17, 15) is 0 Å². The van der Waals surface area contributed by atoms with Crippen molar-refractivity contribution in [1.29, 1.82) is 0 Å². The zero-order chi connectivity index (χ0) is 19.1. The van der Waals surface area contributed by atoms with Gasteiger partial charge in [-0.3, -0.25) is 4.98 Å². The first kappa shape index (κ1) is 19.1. The van der Waals surface area contributed by atoms with Crippen LogP contribution in [0.3, 0.4) is 0 Å². The van der Waals surface area contributed by atoms with Crippen molar-refractivity contribution >= 4 is 23.4 Å². The summed E-state index contributed by atoms with van der Waals surface area (Å²) in [5, 5.41) is 7.39. The van der Waals surface area contributed by atoms with Gasteiger partial charge in [-0.05, 0) is 43.9 Å². The van der Waals surface area contributed by atoms with Gasteiger partial charge in [0.1, 0.15) is 5.82 Å². The van der Waals surface area contributed by atoms with E-state index >= 15 is 0 Å². The molecule has 3 rings (SSSR count). The zero-order valence-corrected chi connectivity index (χ0v) is 16.2. The average Bonchev–Trinajstić information content (AvgIpc) is 2.68. The molecule has 0 fully saturated rings. The molecular weight excluding hydrogens is 360 g/mol. The van der Waals surface area contributed by atoms with Crippen LogP contribution in [-0.4, -0.2) is 47.0 Å². The van der Waals surface area contributed by atoms with Gasteiger partial charge in [-0.2, -0.15) is 4.98 Å². The number of hydrogen-bond donors (Lipinski definition) is 2. The van der Waals surface area contributed by atoms with Crippen molar-refractivity contribution < 1.29 is 0 Å². The van der Waals surface area contributed by atoms with Gasteiger partial charge in [0.25, 0.3) is 0 Å². The SMILES string of the molecule is CN(C)CCNc1nc(NCc2ccc(Cl)cc2)cc(-c2ccncc2)n1. The van der Waals surface area contributed by atoms with E-state index in [4.69, 9.17) is 11.6 Å². The predicted octanol–water partition coefficient (Wildman–Crippen LogP) is 3.78. The predicted molar refractivity (Wildman–Crippen MR) is 111 cm³/mol. The second kappa shape index (κ2) is 9.30. The Balaban J connectivity index is 1.79. The first-order chi connectivity index (χ1) is 13.1. The molecule has 2 heterocycles. The summed E-state index contributed by atoms with van der Waals surface area (Å²) in [7, 11) is 4.07. The standard InChI is InChI=1S/C20H23ClN6/c1-27(2)12-11-23-20-25-18(16-7-9-22-10-8-16)13-19(26-20)24-14-15-3-5-17(21)6-4-15/h3-10,13H,11-12,14H2,1-2H3,(H2,23,24,25,26). The van der Waals surface area contributed by atoms with Crippen molar-refractivity contribution in [3.63, 3.8) is 0 Å².